The molecule has 0 spiro atoms. The molecule has 42 heavy (non-hydrogen) atoms. The minimum Gasteiger partial charge on any atom is -0.481 e. The van der Waals surface area contributed by atoms with Crippen LogP contribution in [-0.4, -0.2) is 66.0 Å². The highest BCUT2D eigenvalue weighted by molar-refractivity contribution is 7.89. The molecule has 2 fully saturated rings. The molecule has 14 heteroatoms. The number of carbonyl (C=O) groups is 2. The van der Waals surface area contributed by atoms with Crippen LogP contribution in [0.4, 0.5) is 4.39 Å². The highest BCUT2D eigenvalue weighted by Crippen LogP contribution is 2.41. The molecule has 2 N–H and O–H groups in total. The molecule has 226 valence electrons. The van der Waals surface area contributed by atoms with Crippen LogP contribution in [-0.2, 0) is 24.3 Å². The van der Waals surface area contributed by atoms with Crippen molar-refractivity contribution in [1.82, 2.24) is 14.6 Å². The van der Waals surface area contributed by atoms with E-state index in [0.29, 0.717) is 60.6 Å². The van der Waals surface area contributed by atoms with Gasteiger partial charge in [0.2, 0.25) is 10.0 Å². The SMILES string of the molecule is COC(=O)C1=C(C2CCN(S(=O)(=O)[C@H]3CC[C@H](CC(=O)O)CC3)CC2)NC(c2nccs2)=NC1c1ccc(F)cc1Cl. The van der Waals surface area contributed by atoms with Crippen LogP contribution in [0.3, 0.4) is 0 Å². The molecule has 0 radical (unpaired) electrons. The Balaban J connectivity index is 1.40. The fourth-order valence-corrected chi connectivity index (χ4v) is 8.98. The van der Waals surface area contributed by atoms with Gasteiger partial charge in [-0.2, -0.15) is 0 Å². The van der Waals surface area contributed by atoms with Crippen LogP contribution in [0.25, 0.3) is 0 Å². The number of ether oxygens (including phenoxy) is 1. The first-order chi connectivity index (χ1) is 20.1. The Hall–Kier alpha value is -2.87. The van der Waals surface area contributed by atoms with Gasteiger partial charge in [-0.25, -0.2) is 26.9 Å². The lowest BCUT2D eigenvalue weighted by atomic mass is 9.86. The summed E-state index contributed by atoms with van der Waals surface area (Å²) in [6.45, 7) is 0.542. The van der Waals surface area contributed by atoms with E-state index < -0.39 is 39.1 Å². The van der Waals surface area contributed by atoms with Crippen LogP contribution in [0.1, 0.15) is 61.6 Å². The van der Waals surface area contributed by atoms with Crippen molar-refractivity contribution in [3.05, 3.63) is 62.5 Å². The summed E-state index contributed by atoms with van der Waals surface area (Å²) >= 11 is 7.80. The number of hydrogen-bond acceptors (Lipinski definition) is 9. The van der Waals surface area contributed by atoms with E-state index in [-0.39, 0.29) is 41.9 Å². The molecule has 1 aliphatic carbocycles. The van der Waals surface area contributed by atoms with Gasteiger partial charge in [-0.1, -0.05) is 17.7 Å². The van der Waals surface area contributed by atoms with E-state index in [1.54, 1.807) is 11.6 Å². The predicted molar refractivity (Wildman–Crippen MR) is 156 cm³/mol. The molecule has 10 nitrogen and oxygen atoms in total. The molecular weight excluding hydrogens is 607 g/mol. The third-order valence-electron chi connectivity index (χ3n) is 8.27. The van der Waals surface area contributed by atoms with Crippen molar-refractivity contribution < 1.29 is 32.2 Å². The first-order valence-corrected chi connectivity index (χ1v) is 16.6. The van der Waals surface area contributed by atoms with Gasteiger partial charge >= 0.3 is 11.9 Å². The van der Waals surface area contributed by atoms with E-state index in [0.717, 1.165) is 0 Å². The fourth-order valence-electron chi connectivity index (χ4n) is 6.11. The number of carboxylic acids is 1. The molecule has 1 atom stereocenters. The van der Waals surface area contributed by atoms with Crippen molar-refractivity contribution in [3.63, 3.8) is 0 Å². The highest BCUT2D eigenvalue weighted by atomic mass is 35.5. The van der Waals surface area contributed by atoms with Gasteiger partial charge in [0.15, 0.2) is 10.8 Å². The van der Waals surface area contributed by atoms with Gasteiger partial charge in [-0.15, -0.1) is 11.3 Å². The van der Waals surface area contributed by atoms with Crippen LogP contribution in [0.2, 0.25) is 5.02 Å². The standard InChI is InChI=1S/C28H32ClFN4O6S2/c1-40-28(37)23-24(32-26(27-31-10-13-41-27)33-25(23)20-7-4-18(30)15-21(20)29)17-8-11-34(12-9-17)42(38,39)19-5-2-16(3-6-19)14-22(35)36/h4,7,10,13,15-17,19,25H,2-3,5-6,8-9,11-12,14H2,1H3,(H,32,33)(H,35,36)/t16-,19-,25?. The third-order valence-corrected chi connectivity index (χ3v) is 11.8. The van der Waals surface area contributed by atoms with Crippen molar-refractivity contribution in [3.8, 4) is 0 Å². The normalized spacial score (nSPS) is 24.2. The molecule has 5 rings (SSSR count). The minimum atomic E-state index is -3.56. The first kappa shape index (κ1) is 30.6. The molecule has 0 bridgehead atoms. The monoisotopic (exact) mass is 638 g/mol. The number of aliphatic imine (C=N–C) groups is 1. The number of rotatable bonds is 8. The number of nitrogens with zero attached hydrogens (tertiary/aromatic N) is 3. The van der Waals surface area contributed by atoms with Crippen LogP contribution in [0.15, 0.2) is 46.0 Å². The lowest BCUT2D eigenvalue weighted by molar-refractivity contribution is -0.138. The Morgan fingerprint density at radius 3 is 2.50 bits per heavy atom. The number of carbonyl (C=O) groups excluding carboxylic acids is 1. The molecule has 0 amide bonds. The predicted octanol–water partition coefficient (Wildman–Crippen LogP) is 4.53. The third kappa shape index (κ3) is 6.38. The molecule has 1 saturated carbocycles. The molecule has 1 unspecified atom stereocenters. The summed E-state index contributed by atoms with van der Waals surface area (Å²) in [6, 6.07) is 3.04. The number of aliphatic carboxylic acids is 1. The number of sulfonamides is 1. The number of methoxy groups -OCH3 is 1. The molecule has 1 aromatic heterocycles. The summed E-state index contributed by atoms with van der Waals surface area (Å²) in [4.78, 5) is 33.4. The summed E-state index contributed by atoms with van der Waals surface area (Å²) in [7, 11) is -2.29. The number of carboxylic acid groups (broad SMARTS) is 1. The second-order valence-corrected chi connectivity index (χ2v) is 14.3. The summed E-state index contributed by atoms with van der Waals surface area (Å²) < 4.78 is 47.6. The van der Waals surface area contributed by atoms with Crippen LogP contribution in [0.5, 0.6) is 0 Å². The number of esters is 1. The second kappa shape index (κ2) is 12.8. The maximum atomic E-state index is 13.9. The quantitative estimate of drug-likeness (QED) is 0.402. The van der Waals surface area contributed by atoms with Gasteiger partial charge in [0.1, 0.15) is 11.9 Å². The Bertz CT molecular complexity index is 1500. The number of halogens is 2. The van der Waals surface area contributed by atoms with Gasteiger partial charge < -0.3 is 15.2 Å². The zero-order valence-electron chi connectivity index (χ0n) is 23.0. The van der Waals surface area contributed by atoms with E-state index in [1.165, 1.54) is 41.0 Å². The van der Waals surface area contributed by atoms with Gasteiger partial charge in [-0.05, 0) is 56.6 Å². The average molecular weight is 639 g/mol. The molecule has 2 aromatic rings. The number of aromatic nitrogens is 1. The zero-order valence-corrected chi connectivity index (χ0v) is 25.4. The lowest BCUT2D eigenvalue weighted by Gasteiger charge is -2.38. The Labute approximate surface area is 252 Å². The van der Waals surface area contributed by atoms with Crippen molar-refractivity contribution in [2.45, 2.75) is 56.2 Å². The molecule has 2 aliphatic heterocycles. The minimum absolute atomic E-state index is 0.0111. The van der Waals surface area contributed by atoms with Gasteiger partial charge in [-0.3, -0.25) is 9.79 Å². The van der Waals surface area contributed by atoms with Crippen LogP contribution >= 0.6 is 22.9 Å². The zero-order chi connectivity index (χ0) is 30.0. The van der Waals surface area contributed by atoms with Crippen LogP contribution in [0, 0.1) is 17.7 Å². The highest BCUT2D eigenvalue weighted by Gasteiger charge is 2.41. The largest absolute Gasteiger partial charge is 0.481 e. The molecule has 1 saturated heterocycles. The van der Waals surface area contributed by atoms with Crippen molar-refractivity contribution in [1.29, 1.82) is 0 Å². The molecule has 3 heterocycles. The van der Waals surface area contributed by atoms with Gasteiger partial charge in [0.25, 0.3) is 0 Å². The average Bonchev–Trinajstić information content (AvgIpc) is 3.52. The maximum Gasteiger partial charge on any atom is 0.338 e. The summed E-state index contributed by atoms with van der Waals surface area (Å²) in [6.07, 6.45) is 4.68. The number of thiazole rings is 1. The first-order valence-electron chi connectivity index (χ1n) is 13.8. The fraction of sp³-hybridized carbons (Fsp3) is 0.500. The van der Waals surface area contributed by atoms with Crippen molar-refractivity contribution >= 4 is 50.7 Å². The summed E-state index contributed by atoms with van der Waals surface area (Å²) in [5.41, 5.74) is 1.24. The van der Waals surface area contributed by atoms with E-state index in [2.05, 4.69) is 10.3 Å². The van der Waals surface area contributed by atoms with Gasteiger partial charge in [0.05, 0.1) is 17.9 Å². The van der Waals surface area contributed by atoms with E-state index in [9.17, 15) is 22.4 Å². The lowest BCUT2D eigenvalue weighted by Crippen LogP contribution is -2.46. The number of nitrogens with one attached hydrogen (secondary N) is 1. The number of allylic oxidation sites excluding steroid dienone is 1. The number of amidine groups is 1. The Morgan fingerprint density at radius 2 is 1.90 bits per heavy atom. The van der Waals surface area contributed by atoms with E-state index in [4.69, 9.17) is 26.4 Å². The van der Waals surface area contributed by atoms with Crippen LogP contribution < -0.4 is 5.32 Å². The molecule has 3 aliphatic rings. The molecular formula is C28H32ClFN4O6S2. The Morgan fingerprint density at radius 1 is 1.19 bits per heavy atom. The summed E-state index contributed by atoms with van der Waals surface area (Å²) in [5.74, 6) is -1.76. The smallest absolute Gasteiger partial charge is 0.338 e. The molecule has 1 aromatic carbocycles. The van der Waals surface area contributed by atoms with E-state index in [1.807, 2.05) is 0 Å². The summed E-state index contributed by atoms with van der Waals surface area (Å²) in [5, 5.41) is 14.4. The number of piperidine rings is 1. The Kier molecular flexibility index (Phi) is 9.31. The number of benzene rings is 1. The maximum absolute atomic E-state index is 13.9. The van der Waals surface area contributed by atoms with Crippen molar-refractivity contribution in [2.24, 2.45) is 16.8 Å². The van der Waals surface area contributed by atoms with Crippen molar-refractivity contribution in [2.75, 3.05) is 20.2 Å². The number of hydrogen-bond donors (Lipinski definition) is 2. The van der Waals surface area contributed by atoms with E-state index >= 15 is 0 Å². The second-order valence-electron chi connectivity index (χ2n) is 10.8. The topological polar surface area (TPSA) is 138 Å². The van der Waals surface area contributed by atoms with Gasteiger partial charge in [0, 0.05) is 53.3 Å².